The third-order valence-corrected chi connectivity index (χ3v) is 4.84. The number of benzene rings is 2. The Bertz CT molecular complexity index is 687. The Balaban J connectivity index is 1.80. The first-order valence-electron chi connectivity index (χ1n) is 7.43. The monoisotopic (exact) mass is 258 g/mol. The zero-order chi connectivity index (χ0) is 13.5. The fourth-order valence-electron chi connectivity index (χ4n) is 3.77. The number of hydrogen-bond donors (Lipinski definition) is 0. The smallest absolute Gasteiger partial charge is 0.000867 e. The summed E-state index contributed by atoms with van der Waals surface area (Å²) in [5, 5.41) is 2.71. The zero-order valence-corrected chi connectivity index (χ0v) is 11.7. The van der Waals surface area contributed by atoms with Gasteiger partial charge in [0.25, 0.3) is 0 Å². The van der Waals surface area contributed by atoms with E-state index in [1.165, 1.54) is 16.3 Å². The second-order valence-electron chi connectivity index (χ2n) is 5.94. The Kier molecular flexibility index (Phi) is 2.77. The van der Waals surface area contributed by atoms with Crippen LogP contribution in [0.1, 0.15) is 18.4 Å². The van der Waals surface area contributed by atoms with Crippen molar-refractivity contribution >= 4 is 10.8 Å². The summed E-state index contributed by atoms with van der Waals surface area (Å²) >= 11 is 0. The highest BCUT2D eigenvalue weighted by Crippen LogP contribution is 2.49. The van der Waals surface area contributed by atoms with Gasteiger partial charge in [-0.15, -0.1) is 0 Å². The summed E-state index contributed by atoms with van der Waals surface area (Å²) in [4.78, 5) is 0. The van der Waals surface area contributed by atoms with Gasteiger partial charge in [0.05, 0.1) is 0 Å². The van der Waals surface area contributed by atoms with Gasteiger partial charge in [0.15, 0.2) is 0 Å². The fraction of sp³-hybridized carbons (Fsp3) is 0.250. The van der Waals surface area contributed by atoms with E-state index in [1.54, 1.807) is 0 Å². The van der Waals surface area contributed by atoms with Gasteiger partial charge in [-0.2, -0.15) is 0 Å². The predicted molar refractivity (Wildman–Crippen MR) is 84.4 cm³/mol. The Labute approximate surface area is 120 Å². The minimum absolute atomic E-state index is 0.434. The van der Waals surface area contributed by atoms with Crippen LogP contribution in [0.25, 0.3) is 10.8 Å². The molecule has 1 fully saturated rings. The predicted octanol–water partition coefficient (Wildman–Crippen LogP) is 5.01. The molecule has 0 aromatic heterocycles. The van der Waals surface area contributed by atoms with E-state index in [2.05, 4.69) is 80.1 Å². The largest absolute Gasteiger partial charge is 0.0805 e. The molecule has 2 aliphatic rings. The van der Waals surface area contributed by atoms with Gasteiger partial charge in [-0.3, -0.25) is 0 Å². The Morgan fingerprint density at radius 3 is 2.60 bits per heavy atom. The lowest BCUT2D eigenvalue weighted by Crippen LogP contribution is -2.12. The normalized spacial score (nSPS) is 31.6. The van der Waals surface area contributed by atoms with Crippen molar-refractivity contribution in [2.75, 3.05) is 0 Å². The summed E-state index contributed by atoms with van der Waals surface area (Å²) in [6.07, 6.45) is 12.8. The molecule has 0 saturated heterocycles. The van der Waals surface area contributed by atoms with E-state index in [1.807, 2.05) is 0 Å². The van der Waals surface area contributed by atoms with Crippen LogP contribution in [-0.4, -0.2) is 0 Å². The molecule has 4 atom stereocenters. The van der Waals surface area contributed by atoms with Gasteiger partial charge in [0.1, 0.15) is 0 Å². The van der Waals surface area contributed by atoms with Gasteiger partial charge >= 0.3 is 0 Å². The molecule has 0 spiro atoms. The molecule has 4 rings (SSSR count). The number of allylic oxidation sites excluding steroid dienone is 4. The molecule has 0 N–H and O–H groups in total. The molecule has 2 aromatic rings. The van der Waals surface area contributed by atoms with E-state index in [9.17, 15) is 0 Å². The fourth-order valence-corrected chi connectivity index (χ4v) is 3.77. The van der Waals surface area contributed by atoms with Crippen LogP contribution in [0.15, 0.2) is 66.8 Å². The van der Waals surface area contributed by atoms with E-state index in [0.717, 1.165) is 0 Å². The molecule has 1 saturated carbocycles. The van der Waals surface area contributed by atoms with Crippen LogP contribution in [0.3, 0.4) is 0 Å². The summed E-state index contributed by atoms with van der Waals surface area (Å²) in [5.41, 5.74) is 1.44. The molecular weight excluding hydrogens is 240 g/mol. The average molecular weight is 258 g/mol. The van der Waals surface area contributed by atoms with Crippen molar-refractivity contribution in [1.82, 2.24) is 0 Å². The van der Waals surface area contributed by atoms with E-state index in [4.69, 9.17) is 0 Å². The lowest BCUT2D eigenvalue weighted by atomic mass is 9.83. The highest BCUT2D eigenvalue weighted by molar-refractivity contribution is 5.86. The Hall–Kier alpha value is -1.82. The summed E-state index contributed by atoms with van der Waals surface area (Å²) in [5.74, 6) is 2.15. The third kappa shape index (κ3) is 1.75. The lowest BCUT2D eigenvalue weighted by Gasteiger charge is -2.21. The molecule has 0 heteroatoms. The molecular formula is C20H18. The standard InChI is InChI=1S/C20H18/c1-14-17-10-4-3-8-16(17)13-20(14)19-12-6-9-15-7-2-5-11-18(15)19/h2-12,14,16-17,20H,1H3. The van der Waals surface area contributed by atoms with Crippen molar-refractivity contribution in [1.29, 1.82) is 0 Å². The van der Waals surface area contributed by atoms with Crippen LogP contribution < -0.4 is 0 Å². The van der Waals surface area contributed by atoms with Crippen molar-refractivity contribution in [3.05, 3.63) is 78.8 Å². The molecule has 20 heavy (non-hydrogen) atoms. The van der Waals surface area contributed by atoms with Crippen LogP contribution in [0.4, 0.5) is 0 Å². The van der Waals surface area contributed by atoms with Gasteiger partial charge in [-0.05, 0) is 46.4 Å². The Morgan fingerprint density at radius 1 is 0.900 bits per heavy atom. The van der Waals surface area contributed by atoms with Gasteiger partial charge in [0.2, 0.25) is 0 Å². The molecule has 2 radical (unpaired) electrons. The summed E-state index contributed by atoms with van der Waals surface area (Å²) in [7, 11) is 0. The molecule has 98 valence electrons. The maximum atomic E-state index is 3.81. The Morgan fingerprint density at radius 2 is 1.70 bits per heavy atom. The van der Waals surface area contributed by atoms with E-state index >= 15 is 0 Å². The first-order chi connectivity index (χ1) is 9.84. The summed E-state index contributed by atoms with van der Waals surface area (Å²) < 4.78 is 0. The summed E-state index contributed by atoms with van der Waals surface area (Å²) in [6, 6.07) is 15.4. The topological polar surface area (TPSA) is 0 Å². The lowest BCUT2D eigenvalue weighted by molar-refractivity contribution is 0.431. The average Bonchev–Trinajstić information content (AvgIpc) is 2.84. The van der Waals surface area contributed by atoms with Crippen LogP contribution in [-0.2, 0) is 0 Å². The minimum Gasteiger partial charge on any atom is -0.0805 e. The quantitative estimate of drug-likeness (QED) is 0.674. The highest BCUT2D eigenvalue weighted by atomic mass is 14.4. The molecule has 0 bridgehead atoms. The van der Waals surface area contributed by atoms with Crippen molar-refractivity contribution in [2.24, 2.45) is 17.8 Å². The first-order valence-corrected chi connectivity index (χ1v) is 7.43. The van der Waals surface area contributed by atoms with Crippen molar-refractivity contribution in [3.8, 4) is 0 Å². The van der Waals surface area contributed by atoms with E-state index < -0.39 is 0 Å². The number of fused-ring (bicyclic) bond motifs is 2. The summed E-state index contributed by atoms with van der Waals surface area (Å²) in [6.45, 7) is 2.37. The number of rotatable bonds is 1. The van der Waals surface area contributed by atoms with Gasteiger partial charge in [-0.25, -0.2) is 0 Å². The molecule has 2 aliphatic carbocycles. The van der Waals surface area contributed by atoms with Crippen molar-refractivity contribution in [3.63, 3.8) is 0 Å². The molecule has 4 unspecified atom stereocenters. The van der Waals surface area contributed by atoms with Crippen molar-refractivity contribution in [2.45, 2.75) is 12.8 Å². The van der Waals surface area contributed by atoms with Crippen LogP contribution >= 0.6 is 0 Å². The SMILES string of the molecule is CC1C(c2cccc3ccccc23)[C]C2C=CC=CC21. The maximum Gasteiger partial charge on any atom is -0.000867 e. The van der Waals surface area contributed by atoms with Gasteiger partial charge in [-0.1, -0.05) is 73.7 Å². The van der Waals surface area contributed by atoms with Crippen molar-refractivity contribution < 1.29 is 0 Å². The second kappa shape index (κ2) is 4.63. The zero-order valence-electron chi connectivity index (χ0n) is 11.7. The van der Waals surface area contributed by atoms with Crippen LogP contribution in [0, 0.1) is 24.2 Å². The minimum atomic E-state index is 0.434. The maximum absolute atomic E-state index is 3.81. The second-order valence-corrected chi connectivity index (χ2v) is 5.94. The third-order valence-electron chi connectivity index (χ3n) is 4.84. The molecule has 0 nitrogen and oxygen atoms in total. The van der Waals surface area contributed by atoms with Gasteiger partial charge < -0.3 is 0 Å². The van der Waals surface area contributed by atoms with Crippen LogP contribution in [0.2, 0.25) is 0 Å². The molecule has 2 aromatic carbocycles. The first kappa shape index (κ1) is 12.0. The highest BCUT2D eigenvalue weighted by Gasteiger charge is 2.40. The van der Waals surface area contributed by atoms with Crippen LogP contribution in [0.5, 0.6) is 0 Å². The molecule has 0 amide bonds. The molecule has 0 heterocycles. The van der Waals surface area contributed by atoms with E-state index in [0.29, 0.717) is 23.7 Å². The van der Waals surface area contributed by atoms with E-state index in [-0.39, 0.29) is 0 Å². The number of hydrogen-bond acceptors (Lipinski definition) is 0. The van der Waals surface area contributed by atoms with Gasteiger partial charge in [0, 0.05) is 0 Å². The molecule has 0 aliphatic heterocycles.